The topological polar surface area (TPSA) is 38.7 Å². The zero-order valence-electron chi connectivity index (χ0n) is 34.9. The third kappa shape index (κ3) is 10.5. The lowest BCUT2D eigenvalue weighted by atomic mass is 9.77. The molecule has 0 aliphatic carbocycles. The lowest BCUT2D eigenvalue weighted by Gasteiger charge is -2.29. The molecule has 0 bridgehead atoms. The fourth-order valence-corrected chi connectivity index (χ4v) is 7.42. The summed E-state index contributed by atoms with van der Waals surface area (Å²) in [6.45, 7) is 31.7. The van der Waals surface area contributed by atoms with Gasteiger partial charge in [-0.3, -0.25) is 0 Å². The van der Waals surface area contributed by atoms with E-state index in [2.05, 4.69) is 158 Å². The average molecular weight is 723 g/mol. The number of hydrogen-bond acceptors (Lipinski definition) is 3. The Kier molecular flexibility index (Phi) is 13.2. The van der Waals surface area contributed by atoms with E-state index in [1.54, 1.807) is 0 Å². The second-order valence-corrected chi connectivity index (χ2v) is 19.7. The summed E-state index contributed by atoms with van der Waals surface area (Å²) in [4.78, 5) is 11.7. The molecule has 3 nitrogen and oxygen atoms in total. The molecular weight excluding hydrogens is 655 g/mol. The summed E-state index contributed by atoms with van der Waals surface area (Å²) in [6.07, 6.45) is 6.50. The second-order valence-electron chi connectivity index (χ2n) is 18.8. The molecule has 0 aromatic heterocycles. The molecular formula is C48H67O3P. The van der Waals surface area contributed by atoms with E-state index in [0.29, 0.717) is 11.5 Å². The van der Waals surface area contributed by atoms with Crippen molar-refractivity contribution in [1.82, 2.24) is 0 Å². The maximum atomic E-state index is 11.7. The van der Waals surface area contributed by atoms with Crippen molar-refractivity contribution in [2.24, 2.45) is 0 Å². The Morgan fingerprint density at radius 2 is 0.827 bits per heavy atom. The Morgan fingerprint density at radius 1 is 0.462 bits per heavy atom. The molecule has 282 valence electrons. The number of hydrogen-bond donors (Lipinski definition) is 1. The summed E-state index contributed by atoms with van der Waals surface area (Å²) in [7, 11) is -2.31. The van der Waals surface area contributed by atoms with Crippen molar-refractivity contribution >= 4 is 8.60 Å². The van der Waals surface area contributed by atoms with Crippen LogP contribution < -0.4 is 9.05 Å². The van der Waals surface area contributed by atoms with Gasteiger partial charge in [0.1, 0.15) is 11.5 Å². The van der Waals surface area contributed by atoms with Crippen molar-refractivity contribution < 1.29 is 13.9 Å². The zero-order valence-corrected chi connectivity index (χ0v) is 35.8. The van der Waals surface area contributed by atoms with E-state index >= 15 is 0 Å². The molecule has 0 spiro atoms. The fraction of sp³-hybridized carbons (Fsp3) is 0.500. The van der Waals surface area contributed by atoms with Crippen LogP contribution >= 0.6 is 8.60 Å². The normalized spacial score (nSPS) is 12.8. The monoisotopic (exact) mass is 722 g/mol. The molecule has 0 atom stereocenters. The van der Waals surface area contributed by atoms with Crippen LogP contribution in [0.15, 0.2) is 72.8 Å². The summed E-state index contributed by atoms with van der Waals surface area (Å²) < 4.78 is 12.9. The Hall–Kier alpha value is -3.13. The van der Waals surface area contributed by atoms with E-state index < -0.39 is 8.60 Å². The fourth-order valence-electron chi connectivity index (χ4n) is 6.73. The van der Waals surface area contributed by atoms with Gasteiger partial charge in [0, 0.05) is 11.1 Å². The molecule has 1 N–H and O–H groups in total. The van der Waals surface area contributed by atoms with Gasteiger partial charge in [-0.15, -0.1) is 0 Å². The minimum Gasteiger partial charge on any atom is -0.417 e. The molecule has 0 aliphatic rings. The van der Waals surface area contributed by atoms with Crippen molar-refractivity contribution in [3.63, 3.8) is 0 Å². The summed E-state index contributed by atoms with van der Waals surface area (Å²) >= 11 is 0. The van der Waals surface area contributed by atoms with Gasteiger partial charge in [-0.05, 0) is 116 Å². The molecule has 4 aromatic rings. The molecule has 4 aromatic carbocycles. The smallest absolute Gasteiger partial charge is 0.417 e. The highest BCUT2D eigenvalue weighted by Crippen LogP contribution is 2.48. The van der Waals surface area contributed by atoms with Crippen LogP contribution in [0, 0.1) is 0 Å². The van der Waals surface area contributed by atoms with Gasteiger partial charge in [0.05, 0.1) is 0 Å². The Morgan fingerprint density at radius 3 is 1.13 bits per heavy atom. The van der Waals surface area contributed by atoms with Gasteiger partial charge in [-0.1, -0.05) is 158 Å². The first-order valence-electron chi connectivity index (χ1n) is 19.5. The zero-order chi connectivity index (χ0) is 38.6. The van der Waals surface area contributed by atoms with Crippen molar-refractivity contribution in [2.75, 3.05) is 0 Å². The van der Waals surface area contributed by atoms with E-state index in [1.807, 2.05) is 12.1 Å². The third-order valence-corrected chi connectivity index (χ3v) is 10.8. The highest BCUT2D eigenvalue weighted by Gasteiger charge is 2.28. The van der Waals surface area contributed by atoms with Crippen LogP contribution in [0.4, 0.5) is 0 Å². The highest BCUT2D eigenvalue weighted by molar-refractivity contribution is 7.41. The van der Waals surface area contributed by atoms with Crippen LogP contribution in [0.3, 0.4) is 0 Å². The molecule has 4 rings (SSSR count). The van der Waals surface area contributed by atoms with Gasteiger partial charge in [0.25, 0.3) is 0 Å². The van der Waals surface area contributed by atoms with Crippen LogP contribution in [-0.2, 0) is 34.5 Å². The average Bonchev–Trinajstić information content (AvgIpc) is 3.05. The molecule has 4 heteroatoms. The van der Waals surface area contributed by atoms with Gasteiger partial charge in [-0.25, -0.2) is 0 Å². The Balaban J connectivity index is 1.82. The third-order valence-electron chi connectivity index (χ3n) is 10.0. The number of unbranched alkanes of at least 4 members (excludes halogenated alkanes) is 2. The van der Waals surface area contributed by atoms with E-state index in [1.165, 1.54) is 33.4 Å². The molecule has 0 amide bonds. The van der Waals surface area contributed by atoms with Crippen LogP contribution in [0.5, 0.6) is 11.5 Å². The lowest BCUT2D eigenvalue weighted by molar-refractivity contribution is 0.382. The molecule has 0 aliphatic heterocycles. The molecule has 0 saturated carbocycles. The number of rotatable bonds is 12. The second kappa shape index (κ2) is 16.5. The molecule has 52 heavy (non-hydrogen) atoms. The van der Waals surface area contributed by atoms with Gasteiger partial charge < -0.3 is 13.9 Å². The van der Waals surface area contributed by atoms with Crippen LogP contribution in [-0.4, -0.2) is 4.89 Å². The first kappa shape index (κ1) is 41.6. The molecule has 0 heterocycles. The van der Waals surface area contributed by atoms with Crippen LogP contribution in [0.25, 0.3) is 22.3 Å². The summed E-state index contributed by atoms with van der Waals surface area (Å²) in [6, 6.07) is 26.5. The van der Waals surface area contributed by atoms with Crippen LogP contribution in [0.1, 0.15) is 156 Å². The van der Waals surface area contributed by atoms with Gasteiger partial charge in [-0.2, -0.15) is 0 Å². The SMILES string of the molecule is CCCCc1ccc(OP(O)Oc2ccc(CCCC)cc2-c2ccc(C(C)(C)C)cc2C(C)(C)C)c(-c2ccc(C(C)(C)C)cc2C(C)(C)C)c1. The van der Waals surface area contributed by atoms with E-state index in [4.69, 9.17) is 9.05 Å². The number of benzene rings is 4. The Bertz CT molecular complexity index is 1670. The summed E-state index contributed by atoms with van der Waals surface area (Å²) in [5, 5.41) is 0. The maximum absolute atomic E-state index is 11.7. The van der Waals surface area contributed by atoms with E-state index in [0.717, 1.165) is 60.8 Å². The van der Waals surface area contributed by atoms with Crippen molar-refractivity contribution in [3.8, 4) is 33.8 Å². The Labute approximate surface area is 318 Å². The summed E-state index contributed by atoms with van der Waals surface area (Å²) in [5.74, 6) is 1.27. The molecule has 0 unspecified atom stereocenters. The lowest BCUT2D eigenvalue weighted by Crippen LogP contribution is -2.17. The first-order chi connectivity index (χ1) is 24.1. The standard InChI is InChI=1S/C48H67O3P/c1-15-17-19-33-21-27-43(39(29-33)37-25-23-35(45(3,4)5)31-41(37)47(9,10)11)50-52(49)51-44-28-22-34(20-18-16-2)30-40(44)38-26-24-36(46(6,7)8)32-42(38)48(12,13)14/h21-32,49H,15-20H2,1-14H3. The van der Waals surface area contributed by atoms with Gasteiger partial charge >= 0.3 is 8.60 Å². The van der Waals surface area contributed by atoms with E-state index in [9.17, 15) is 4.89 Å². The van der Waals surface area contributed by atoms with Crippen molar-refractivity contribution in [3.05, 3.63) is 106 Å². The molecule has 0 radical (unpaired) electrons. The quantitative estimate of drug-likeness (QED) is 0.148. The van der Waals surface area contributed by atoms with Crippen LogP contribution in [0.2, 0.25) is 0 Å². The van der Waals surface area contributed by atoms with Gasteiger partial charge in [0.15, 0.2) is 0 Å². The minimum atomic E-state index is -2.31. The predicted octanol–water partition coefficient (Wildman–Crippen LogP) is 14.6. The van der Waals surface area contributed by atoms with Crippen molar-refractivity contribution in [1.29, 1.82) is 0 Å². The maximum Gasteiger partial charge on any atom is 0.460 e. The summed E-state index contributed by atoms with van der Waals surface area (Å²) in [5.41, 5.74) is 11.8. The number of aryl methyl sites for hydroxylation is 2. The van der Waals surface area contributed by atoms with Crippen molar-refractivity contribution in [2.45, 2.75) is 157 Å². The largest absolute Gasteiger partial charge is 0.460 e. The first-order valence-corrected chi connectivity index (χ1v) is 20.7. The minimum absolute atomic E-state index is 0.0256. The predicted molar refractivity (Wildman–Crippen MR) is 226 cm³/mol. The molecule has 0 fully saturated rings. The van der Waals surface area contributed by atoms with E-state index in [-0.39, 0.29) is 21.7 Å². The molecule has 0 saturated heterocycles. The van der Waals surface area contributed by atoms with Gasteiger partial charge in [0.2, 0.25) is 0 Å². The highest BCUT2D eigenvalue weighted by atomic mass is 31.2.